The molecule has 0 aliphatic carbocycles. The Bertz CT molecular complexity index is 608. The summed E-state index contributed by atoms with van der Waals surface area (Å²) in [5.41, 5.74) is 2.24. The largest absolute Gasteiger partial charge is 0.369 e. The summed E-state index contributed by atoms with van der Waals surface area (Å²) in [6.45, 7) is 5.52. The molecule has 0 spiro atoms. The number of benzene rings is 1. The first-order chi connectivity index (χ1) is 10.3. The quantitative estimate of drug-likeness (QED) is 0.909. The number of nitrogens with zero attached hydrogens (tertiary/aromatic N) is 2. The van der Waals surface area contributed by atoms with Crippen molar-refractivity contribution in [1.29, 1.82) is 0 Å². The number of nitrogens with one attached hydrogen (secondary N) is 1. The van der Waals surface area contributed by atoms with Crippen LogP contribution in [0, 0.1) is 0 Å². The zero-order chi connectivity index (χ0) is 14.7. The first-order valence-electron chi connectivity index (χ1n) is 7.80. The molecule has 1 atom stereocenters. The lowest BCUT2D eigenvalue weighted by atomic mass is 10.1. The molecule has 1 aromatic carbocycles. The van der Waals surface area contributed by atoms with Gasteiger partial charge in [-0.2, -0.15) is 0 Å². The molecule has 1 aliphatic rings. The predicted octanol–water partition coefficient (Wildman–Crippen LogP) is 3.86. The van der Waals surface area contributed by atoms with Crippen LogP contribution in [0.1, 0.15) is 26.2 Å². The summed E-state index contributed by atoms with van der Waals surface area (Å²) in [7, 11) is 0. The number of anilines is 1. The fraction of sp³-hybridized carbons (Fsp3) is 0.471. The zero-order valence-electron chi connectivity index (χ0n) is 12.5. The van der Waals surface area contributed by atoms with Gasteiger partial charge in [-0.05, 0) is 50.1 Å². The van der Waals surface area contributed by atoms with Gasteiger partial charge in [-0.25, -0.2) is 0 Å². The third kappa shape index (κ3) is 3.30. The molecule has 0 saturated carbocycles. The van der Waals surface area contributed by atoms with Crippen LogP contribution in [0.4, 0.5) is 5.69 Å². The van der Waals surface area contributed by atoms with E-state index in [1.807, 2.05) is 18.3 Å². The van der Waals surface area contributed by atoms with Gasteiger partial charge in [0.15, 0.2) is 0 Å². The van der Waals surface area contributed by atoms with E-state index >= 15 is 0 Å². The number of hydrogen-bond donors (Lipinski definition) is 1. The maximum atomic E-state index is 6.09. The van der Waals surface area contributed by atoms with Gasteiger partial charge in [0.25, 0.3) is 0 Å². The van der Waals surface area contributed by atoms with Gasteiger partial charge in [-0.3, -0.25) is 4.98 Å². The van der Waals surface area contributed by atoms with Crippen LogP contribution in [0.15, 0.2) is 30.5 Å². The second-order valence-electron chi connectivity index (χ2n) is 5.73. The molecule has 1 unspecified atom stereocenters. The van der Waals surface area contributed by atoms with Crippen molar-refractivity contribution in [2.45, 2.75) is 32.2 Å². The number of hydrogen-bond acceptors (Lipinski definition) is 3. The van der Waals surface area contributed by atoms with Crippen molar-refractivity contribution in [1.82, 2.24) is 10.3 Å². The molecule has 1 aromatic heterocycles. The van der Waals surface area contributed by atoms with E-state index in [4.69, 9.17) is 11.6 Å². The monoisotopic (exact) mass is 303 g/mol. The molecule has 3 nitrogen and oxygen atoms in total. The summed E-state index contributed by atoms with van der Waals surface area (Å²) in [6, 6.07) is 8.71. The summed E-state index contributed by atoms with van der Waals surface area (Å²) in [6.07, 6.45) is 5.59. The summed E-state index contributed by atoms with van der Waals surface area (Å²) >= 11 is 6.09. The highest BCUT2D eigenvalue weighted by Gasteiger charge is 2.19. The molecule has 1 aliphatic heterocycles. The SMILES string of the molecule is CCCN(CC1CCCN1)c1ccnc2cc(Cl)ccc12. The van der Waals surface area contributed by atoms with Gasteiger partial charge < -0.3 is 10.2 Å². The highest BCUT2D eigenvalue weighted by atomic mass is 35.5. The van der Waals surface area contributed by atoms with Crippen molar-refractivity contribution < 1.29 is 0 Å². The topological polar surface area (TPSA) is 28.2 Å². The van der Waals surface area contributed by atoms with E-state index < -0.39 is 0 Å². The maximum Gasteiger partial charge on any atom is 0.0737 e. The van der Waals surface area contributed by atoms with E-state index in [2.05, 4.69) is 34.3 Å². The van der Waals surface area contributed by atoms with Crippen molar-refractivity contribution >= 4 is 28.2 Å². The van der Waals surface area contributed by atoms with Crippen LogP contribution in [-0.4, -0.2) is 30.7 Å². The van der Waals surface area contributed by atoms with Gasteiger partial charge in [0.2, 0.25) is 0 Å². The zero-order valence-corrected chi connectivity index (χ0v) is 13.2. The minimum atomic E-state index is 0.604. The second kappa shape index (κ2) is 6.63. The average Bonchev–Trinajstić information content (AvgIpc) is 2.99. The lowest BCUT2D eigenvalue weighted by Gasteiger charge is -2.28. The van der Waals surface area contributed by atoms with Crippen LogP contribution >= 0.6 is 11.6 Å². The summed E-state index contributed by atoms with van der Waals surface area (Å²) in [4.78, 5) is 6.94. The molecule has 21 heavy (non-hydrogen) atoms. The van der Waals surface area contributed by atoms with Crippen molar-refractivity contribution in [3.05, 3.63) is 35.5 Å². The van der Waals surface area contributed by atoms with Gasteiger partial charge in [-0.1, -0.05) is 18.5 Å². The lowest BCUT2D eigenvalue weighted by molar-refractivity contribution is 0.579. The summed E-state index contributed by atoms with van der Waals surface area (Å²) in [5, 5.41) is 5.52. The van der Waals surface area contributed by atoms with E-state index in [1.54, 1.807) is 0 Å². The molecule has 2 heterocycles. The lowest BCUT2D eigenvalue weighted by Crippen LogP contribution is -2.38. The average molecular weight is 304 g/mol. The first kappa shape index (κ1) is 14.6. The van der Waals surface area contributed by atoms with Crippen LogP contribution in [0.5, 0.6) is 0 Å². The molecule has 0 bridgehead atoms. The maximum absolute atomic E-state index is 6.09. The van der Waals surface area contributed by atoms with Crippen LogP contribution in [0.2, 0.25) is 5.02 Å². The molecule has 0 amide bonds. The number of rotatable bonds is 5. The van der Waals surface area contributed by atoms with E-state index in [9.17, 15) is 0 Å². The Hall–Kier alpha value is -1.32. The summed E-state index contributed by atoms with van der Waals surface area (Å²) in [5.74, 6) is 0. The van der Waals surface area contributed by atoms with Crippen molar-refractivity contribution in [2.24, 2.45) is 0 Å². The Morgan fingerprint density at radius 2 is 2.29 bits per heavy atom. The van der Waals surface area contributed by atoms with Gasteiger partial charge in [-0.15, -0.1) is 0 Å². The first-order valence-corrected chi connectivity index (χ1v) is 8.18. The van der Waals surface area contributed by atoms with Crippen LogP contribution in [-0.2, 0) is 0 Å². The molecule has 1 saturated heterocycles. The normalized spacial score (nSPS) is 18.3. The Morgan fingerprint density at radius 3 is 3.05 bits per heavy atom. The molecule has 1 fully saturated rings. The Labute approximate surface area is 131 Å². The number of fused-ring (bicyclic) bond motifs is 1. The van der Waals surface area contributed by atoms with E-state index in [0.717, 1.165) is 36.6 Å². The minimum Gasteiger partial charge on any atom is -0.369 e. The number of aromatic nitrogens is 1. The van der Waals surface area contributed by atoms with Crippen molar-refractivity contribution in [3.8, 4) is 0 Å². The Morgan fingerprint density at radius 1 is 1.38 bits per heavy atom. The molecule has 0 radical (unpaired) electrons. The molecule has 4 heteroatoms. The summed E-state index contributed by atoms with van der Waals surface area (Å²) < 4.78 is 0. The standard InChI is InChI=1S/C17H22ClN3/c1-2-10-21(12-14-4-3-8-19-14)17-7-9-20-16-11-13(18)5-6-15(16)17/h5-7,9,11,14,19H,2-4,8,10,12H2,1H3. The highest BCUT2D eigenvalue weighted by Crippen LogP contribution is 2.28. The van der Waals surface area contributed by atoms with E-state index in [0.29, 0.717) is 6.04 Å². The smallest absolute Gasteiger partial charge is 0.0737 e. The van der Waals surface area contributed by atoms with Gasteiger partial charge in [0.05, 0.1) is 5.52 Å². The number of halogens is 1. The third-order valence-corrected chi connectivity index (χ3v) is 4.35. The van der Waals surface area contributed by atoms with Gasteiger partial charge in [0, 0.05) is 41.4 Å². The molecular formula is C17H22ClN3. The highest BCUT2D eigenvalue weighted by molar-refractivity contribution is 6.31. The molecule has 2 aromatic rings. The fourth-order valence-electron chi connectivity index (χ4n) is 3.14. The van der Waals surface area contributed by atoms with Gasteiger partial charge >= 0.3 is 0 Å². The van der Waals surface area contributed by atoms with Crippen LogP contribution in [0.25, 0.3) is 10.9 Å². The minimum absolute atomic E-state index is 0.604. The van der Waals surface area contributed by atoms with Gasteiger partial charge in [0.1, 0.15) is 0 Å². The Balaban J connectivity index is 1.94. The number of pyridine rings is 1. The van der Waals surface area contributed by atoms with Crippen LogP contribution in [0.3, 0.4) is 0 Å². The molecule has 1 N–H and O–H groups in total. The Kier molecular flexibility index (Phi) is 4.61. The molecule has 3 rings (SSSR count). The van der Waals surface area contributed by atoms with Crippen molar-refractivity contribution in [2.75, 3.05) is 24.5 Å². The van der Waals surface area contributed by atoms with Crippen molar-refractivity contribution in [3.63, 3.8) is 0 Å². The second-order valence-corrected chi connectivity index (χ2v) is 6.17. The molecular weight excluding hydrogens is 282 g/mol. The van der Waals surface area contributed by atoms with Crippen LogP contribution < -0.4 is 10.2 Å². The third-order valence-electron chi connectivity index (χ3n) is 4.12. The fourth-order valence-corrected chi connectivity index (χ4v) is 3.31. The predicted molar refractivity (Wildman–Crippen MR) is 90.3 cm³/mol. The van der Waals surface area contributed by atoms with E-state index in [1.165, 1.54) is 23.9 Å². The molecule has 112 valence electrons. The van der Waals surface area contributed by atoms with E-state index in [-0.39, 0.29) is 0 Å².